The fourth-order valence-electron chi connectivity index (χ4n) is 4.36. The molecular formula is C26H27N5. The summed E-state index contributed by atoms with van der Waals surface area (Å²) < 4.78 is 1.92. The van der Waals surface area contributed by atoms with Crippen LogP contribution >= 0.6 is 0 Å². The number of hydrogen-bond donors (Lipinski definition) is 0. The van der Waals surface area contributed by atoms with E-state index in [0.29, 0.717) is 0 Å². The van der Waals surface area contributed by atoms with Gasteiger partial charge in [0.25, 0.3) is 0 Å². The Hall–Kier alpha value is -3.47. The molecule has 2 aromatic carbocycles. The predicted octanol–water partition coefficient (Wildman–Crippen LogP) is 5.10. The van der Waals surface area contributed by atoms with Crippen molar-refractivity contribution < 1.29 is 0 Å². The lowest BCUT2D eigenvalue weighted by Gasteiger charge is -2.32. The molecule has 0 saturated carbocycles. The monoisotopic (exact) mass is 409 g/mol. The summed E-state index contributed by atoms with van der Waals surface area (Å²) in [7, 11) is 0. The molecular weight excluding hydrogens is 382 g/mol. The van der Waals surface area contributed by atoms with Crippen LogP contribution in [0.1, 0.15) is 24.1 Å². The maximum absolute atomic E-state index is 4.91. The Morgan fingerprint density at radius 3 is 2.35 bits per heavy atom. The van der Waals surface area contributed by atoms with Gasteiger partial charge in [0.05, 0.1) is 17.1 Å². The van der Waals surface area contributed by atoms with Gasteiger partial charge in [0.1, 0.15) is 0 Å². The number of para-hydroxylation sites is 1. The quantitative estimate of drug-likeness (QED) is 0.460. The standard InChI is InChI=1S/C26H27N5/c1-20-24(19-31(29-20)23-10-6-3-7-11-23)25-12-15-27-26(28-25)30-16-13-22(14-17-30)18-21-8-4-2-5-9-21/h2-12,15,19,22H,13-14,16-18H2,1H3. The van der Waals surface area contributed by atoms with E-state index in [4.69, 9.17) is 10.1 Å². The minimum atomic E-state index is 0.730. The molecule has 5 heteroatoms. The Morgan fingerprint density at radius 2 is 1.61 bits per heavy atom. The third kappa shape index (κ3) is 4.36. The molecule has 1 aliphatic rings. The number of nitrogens with zero attached hydrogens (tertiary/aromatic N) is 5. The van der Waals surface area contributed by atoms with E-state index in [0.717, 1.165) is 54.0 Å². The largest absolute Gasteiger partial charge is 0.341 e. The van der Waals surface area contributed by atoms with Crippen LogP contribution in [-0.4, -0.2) is 32.8 Å². The predicted molar refractivity (Wildman–Crippen MR) is 124 cm³/mol. The Bertz CT molecular complexity index is 1130. The van der Waals surface area contributed by atoms with Crippen LogP contribution in [0, 0.1) is 12.8 Å². The molecule has 2 aromatic heterocycles. The van der Waals surface area contributed by atoms with Gasteiger partial charge in [-0.3, -0.25) is 0 Å². The van der Waals surface area contributed by atoms with Crippen molar-refractivity contribution >= 4 is 5.95 Å². The number of hydrogen-bond acceptors (Lipinski definition) is 4. The summed E-state index contributed by atoms with van der Waals surface area (Å²) in [6, 6.07) is 23.0. The van der Waals surface area contributed by atoms with Crippen LogP contribution in [0.15, 0.2) is 79.1 Å². The molecule has 5 nitrogen and oxygen atoms in total. The van der Waals surface area contributed by atoms with Crippen LogP contribution in [0.4, 0.5) is 5.95 Å². The maximum atomic E-state index is 4.91. The summed E-state index contributed by atoms with van der Waals surface area (Å²) in [5.74, 6) is 1.55. The summed E-state index contributed by atoms with van der Waals surface area (Å²) in [5, 5.41) is 4.69. The van der Waals surface area contributed by atoms with Crippen LogP contribution in [0.5, 0.6) is 0 Å². The summed E-state index contributed by atoms with van der Waals surface area (Å²) in [4.78, 5) is 11.8. The summed E-state index contributed by atoms with van der Waals surface area (Å²) in [6.07, 6.45) is 7.43. The first-order chi connectivity index (χ1) is 15.3. The normalized spacial score (nSPS) is 14.7. The number of aryl methyl sites for hydroxylation is 1. The SMILES string of the molecule is Cc1nn(-c2ccccc2)cc1-c1ccnc(N2CCC(Cc3ccccc3)CC2)n1. The minimum Gasteiger partial charge on any atom is -0.341 e. The van der Waals surface area contributed by atoms with Crippen molar-refractivity contribution in [3.8, 4) is 16.9 Å². The third-order valence-electron chi connectivity index (χ3n) is 6.10. The molecule has 31 heavy (non-hydrogen) atoms. The number of aromatic nitrogens is 4. The number of piperidine rings is 1. The molecule has 0 bridgehead atoms. The van der Waals surface area contributed by atoms with Crippen LogP contribution < -0.4 is 4.90 Å². The van der Waals surface area contributed by atoms with Gasteiger partial charge in [0, 0.05) is 31.0 Å². The van der Waals surface area contributed by atoms with Gasteiger partial charge in [-0.25, -0.2) is 14.6 Å². The molecule has 0 N–H and O–H groups in total. The van der Waals surface area contributed by atoms with Crippen molar-refractivity contribution in [2.24, 2.45) is 5.92 Å². The molecule has 0 amide bonds. The van der Waals surface area contributed by atoms with E-state index in [9.17, 15) is 0 Å². The highest BCUT2D eigenvalue weighted by Crippen LogP contribution is 2.27. The van der Waals surface area contributed by atoms with E-state index in [2.05, 4.69) is 58.5 Å². The first-order valence-electron chi connectivity index (χ1n) is 11.0. The summed E-state index contributed by atoms with van der Waals surface area (Å²) >= 11 is 0. The van der Waals surface area contributed by atoms with Gasteiger partial charge in [-0.2, -0.15) is 5.10 Å². The van der Waals surface area contributed by atoms with Crippen LogP contribution in [0.25, 0.3) is 16.9 Å². The number of rotatable bonds is 5. The van der Waals surface area contributed by atoms with Gasteiger partial charge in [-0.15, -0.1) is 0 Å². The molecule has 0 spiro atoms. The van der Waals surface area contributed by atoms with Gasteiger partial charge in [0.15, 0.2) is 0 Å². The van der Waals surface area contributed by atoms with Crippen molar-refractivity contribution in [2.75, 3.05) is 18.0 Å². The Morgan fingerprint density at radius 1 is 0.903 bits per heavy atom. The van der Waals surface area contributed by atoms with Gasteiger partial charge >= 0.3 is 0 Å². The Balaban J connectivity index is 1.30. The lowest BCUT2D eigenvalue weighted by atomic mass is 9.90. The molecule has 156 valence electrons. The van der Waals surface area contributed by atoms with E-state index >= 15 is 0 Å². The Labute approximate surface area is 183 Å². The molecule has 0 unspecified atom stereocenters. The van der Waals surface area contributed by atoms with Gasteiger partial charge < -0.3 is 4.90 Å². The lowest BCUT2D eigenvalue weighted by Crippen LogP contribution is -2.35. The van der Waals surface area contributed by atoms with E-state index in [1.165, 1.54) is 18.4 Å². The van der Waals surface area contributed by atoms with E-state index < -0.39 is 0 Å². The highest BCUT2D eigenvalue weighted by molar-refractivity contribution is 5.62. The van der Waals surface area contributed by atoms with Crippen molar-refractivity contribution in [1.29, 1.82) is 0 Å². The second kappa shape index (κ2) is 8.72. The molecule has 1 fully saturated rings. The molecule has 1 saturated heterocycles. The Kier molecular flexibility index (Phi) is 5.48. The molecule has 0 aliphatic carbocycles. The molecule has 0 radical (unpaired) electrons. The highest BCUT2D eigenvalue weighted by atomic mass is 15.3. The van der Waals surface area contributed by atoms with Crippen LogP contribution in [0.3, 0.4) is 0 Å². The average molecular weight is 410 g/mol. The second-order valence-corrected chi connectivity index (χ2v) is 8.27. The van der Waals surface area contributed by atoms with E-state index in [1.54, 1.807) is 0 Å². The highest BCUT2D eigenvalue weighted by Gasteiger charge is 2.22. The molecule has 3 heterocycles. The molecule has 1 aliphatic heterocycles. The summed E-state index contributed by atoms with van der Waals surface area (Å²) in [6.45, 7) is 4.04. The molecule has 0 atom stereocenters. The van der Waals surface area contributed by atoms with E-state index in [-0.39, 0.29) is 0 Å². The van der Waals surface area contributed by atoms with Crippen molar-refractivity contribution in [3.63, 3.8) is 0 Å². The zero-order valence-corrected chi connectivity index (χ0v) is 17.9. The van der Waals surface area contributed by atoms with E-state index in [1.807, 2.05) is 42.1 Å². The first-order valence-corrected chi connectivity index (χ1v) is 11.0. The zero-order valence-electron chi connectivity index (χ0n) is 17.9. The smallest absolute Gasteiger partial charge is 0.225 e. The molecule has 4 aromatic rings. The van der Waals surface area contributed by atoms with Crippen molar-refractivity contribution in [2.45, 2.75) is 26.2 Å². The van der Waals surface area contributed by atoms with Gasteiger partial charge in [-0.1, -0.05) is 48.5 Å². The third-order valence-corrected chi connectivity index (χ3v) is 6.10. The molecule has 5 rings (SSSR count). The van der Waals surface area contributed by atoms with Crippen molar-refractivity contribution in [3.05, 3.63) is 90.4 Å². The zero-order chi connectivity index (χ0) is 21.0. The topological polar surface area (TPSA) is 46.8 Å². The van der Waals surface area contributed by atoms with Gasteiger partial charge in [0.2, 0.25) is 5.95 Å². The van der Waals surface area contributed by atoms with Gasteiger partial charge in [-0.05, 0) is 55.9 Å². The minimum absolute atomic E-state index is 0.730. The first kappa shape index (κ1) is 19.5. The summed E-state index contributed by atoms with van der Waals surface area (Å²) in [5.41, 5.74) is 5.43. The number of anilines is 1. The van der Waals surface area contributed by atoms with Crippen LogP contribution in [0.2, 0.25) is 0 Å². The second-order valence-electron chi connectivity index (χ2n) is 8.27. The maximum Gasteiger partial charge on any atom is 0.225 e. The van der Waals surface area contributed by atoms with Crippen LogP contribution in [-0.2, 0) is 6.42 Å². The number of benzene rings is 2. The fraction of sp³-hybridized carbons (Fsp3) is 0.269. The fourth-order valence-corrected chi connectivity index (χ4v) is 4.36. The van der Waals surface area contributed by atoms with Crippen molar-refractivity contribution in [1.82, 2.24) is 19.7 Å². The average Bonchev–Trinajstić information content (AvgIpc) is 3.23. The lowest BCUT2D eigenvalue weighted by molar-refractivity contribution is 0.400.